The monoisotopic (exact) mass is 301 g/mol. The fourth-order valence-corrected chi connectivity index (χ4v) is 3.35. The number of aliphatic hydroxyl groups excluding tert-OH is 2. The molecular formula is C12H19N3O2S2. The van der Waals surface area contributed by atoms with Gasteiger partial charge in [0.1, 0.15) is 5.03 Å². The average Bonchev–Trinajstić information content (AvgIpc) is 2.93. The number of aromatic nitrogens is 2. The SMILES string of the molecule is CC(C)NCc1c(SCC(O)CO)nc2sccn12. The predicted molar refractivity (Wildman–Crippen MR) is 78.9 cm³/mol. The Morgan fingerprint density at radius 3 is 3.00 bits per heavy atom. The van der Waals surface area contributed by atoms with Crippen LogP contribution in [0, 0.1) is 0 Å². The van der Waals surface area contributed by atoms with E-state index in [1.165, 1.54) is 11.8 Å². The first-order chi connectivity index (χ1) is 9.11. The molecule has 0 aliphatic rings. The number of nitrogens with zero attached hydrogens (tertiary/aromatic N) is 2. The van der Waals surface area contributed by atoms with E-state index in [9.17, 15) is 5.11 Å². The highest BCUT2D eigenvalue weighted by atomic mass is 32.2. The van der Waals surface area contributed by atoms with Crippen molar-refractivity contribution < 1.29 is 10.2 Å². The Hall–Kier alpha value is -0.600. The van der Waals surface area contributed by atoms with E-state index in [2.05, 4.69) is 28.5 Å². The topological polar surface area (TPSA) is 69.8 Å². The molecule has 1 atom stereocenters. The highest BCUT2D eigenvalue weighted by molar-refractivity contribution is 7.99. The van der Waals surface area contributed by atoms with Gasteiger partial charge in [0.2, 0.25) is 0 Å². The molecule has 106 valence electrons. The lowest BCUT2D eigenvalue weighted by atomic mass is 10.3. The molecule has 2 aromatic rings. The van der Waals surface area contributed by atoms with Crippen molar-refractivity contribution >= 4 is 28.1 Å². The molecule has 0 bridgehead atoms. The first kappa shape index (κ1) is 14.8. The molecule has 2 rings (SSSR count). The van der Waals surface area contributed by atoms with Gasteiger partial charge in [-0.1, -0.05) is 13.8 Å². The molecule has 7 heteroatoms. The quantitative estimate of drug-likeness (QED) is 0.673. The first-order valence-electron chi connectivity index (χ1n) is 6.21. The molecule has 0 saturated heterocycles. The summed E-state index contributed by atoms with van der Waals surface area (Å²) in [4.78, 5) is 5.53. The van der Waals surface area contributed by atoms with Crippen LogP contribution in [-0.2, 0) is 6.54 Å². The molecule has 19 heavy (non-hydrogen) atoms. The summed E-state index contributed by atoms with van der Waals surface area (Å²) >= 11 is 3.08. The van der Waals surface area contributed by atoms with Crippen LogP contribution in [0.2, 0.25) is 0 Å². The van der Waals surface area contributed by atoms with Crippen molar-refractivity contribution in [3.8, 4) is 0 Å². The van der Waals surface area contributed by atoms with Gasteiger partial charge in [0.15, 0.2) is 4.96 Å². The summed E-state index contributed by atoms with van der Waals surface area (Å²) in [6.45, 7) is 4.74. The number of nitrogens with one attached hydrogen (secondary N) is 1. The van der Waals surface area contributed by atoms with Gasteiger partial charge in [-0.15, -0.1) is 23.1 Å². The molecule has 0 radical (unpaired) electrons. The number of hydrogen-bond acceptors (Lipinski definition) is 6. The zero-order valence-electron chi connectivity index (χ0n) is 11.0. The first-order valence-corrected chi connectivity index (χ1v) is 8.08. The van der Waals surface area contributed by atoms with Crippen molar-refractivity contribution in [3.05, 3.63) is 17.3 Å². The summed E-state index contributed by atoms with van der Waals surface area (Å²) in [6, 6.07) is 0.407. The largest absolute Gasteiger partial charge is 0.394 e. The van der Waals surface area contributed by atoms with Gasteiger partial charge in [0.05, 0.1) is 18.4 Å². The number of aliphatic hydroxyl groups is 2. The lowest BCUT2D eigenvalue weighted by Gasteiger charge is -2.10. The molecule has 0 spiro atoms. The van der Waals surface area contributed by atoms with Crippen molar-refractivity contribution in [1.82, 2.24) is 14.7 Å². The number of fused-ring (bicyclic) bond motifs is 1. The Bertz CT molecular complexity index is 524. The van der Waals surface area contributed by atoms with Gasteiger partial charge in [-0.2, -0.15) is 0 Å². The average molecular weight is 301 g/mol. The highest BCUT2D eigenvalue weighted by Crippen LogP contribution is 2.26. The van der Waals surface area contributed by atoms with Gasteiger partial charge in [0, 0.05) is 29.9 Å². The highest BCUT2D eigenvalue weighted by Gasteiger charge is 2.15. The zero-order valence-corrected chi connectivity index (χ0v) is 12.7. The number of thioether (sulfide) groups is 1. The second-order valence-electron chi connectivity index (χ2n) is 4.60. The maximum atomic E-state index is 9.44. The van der Waals surface area contributed by atoms with Crippen LogP contribution in [0.3, 0.4) is 0 Å². The lowest BCUT2D eigenvalue weighted by molar-refractivity contribution is 0.113. The van der Waals surface area contributed by atoms with Gasteiger partial charge >= 0.3 is 0 Å². The molecule has 0 aromatic carbocycles. The van der Waals surface area contributed by atoms with Gasteiger partial charge in [-0.3, -0.25) is 4.40 Å². The fraction of sp³-hybridized carbons (Fsp3) is 0.583. The van der Waals surface area contributed by atoms with Crippen molar-refractivity contribution in [3.63, 3.8) is 0 Å². The van der Waals surface area contributed by atoms with Crippen molar-refractivity contribution in [1.29, 1.82) is 0 Å². The van der Waals surface area contributed by atoms with E-state index in [-0.39, 0.29) is 6.61 Å². The van der Waals surface area contributed by atoms with Gasteiger partial charge < -0.3 is 15.5 Å². The summed E-state index contributed by atoms with van der Waals surface area (Å²) in [5.41, 5.74) is 1.11. The molecule has 2 heterocycles. The Morgan fingerprint density at radius 1 is 1.53 bits per heavy atom. The van der Waals surface area contributed by atoms with E-state index in [0.29, 0.717) is 11.8 Å². The second-order valence-corrected chi connectivity index (χ2v) is 6.48. The van der Waals surface area contributed by atoms with Gasteiger partial charge in [-0.05, 0) is 0 Å². The summed E-state index contributed by atoms with van der Waals surface area (Å²) in [7, 11) is 0. The Balaban J connectivity index is 2.16. The molecule has 0 saturated carbocycles. The summed E-state index contributed by atoms with van der Waals surface area (Å²) in [6.07, 6.45) is 1.31. The number of rotatable bonds is 7. The van der Waals surface area contributed by atoms with Crippen LogP contribution in [0.1, 0.15) is 19.5 Å². The molecule has 2 aromatic heterocycles. The Morgan fingerprint density at radius 2 is 2.32 bits per heavy atom. The molecule has 1 unspecified atom stereocenters. The molecule has 0 fully saturated rings. The Kier molecular flexibility index (Phi) is 5.23. The zero-order chi connectivity index (χ0) is 13.8. The van der Waals surface area contributed by atoms with Crippen molar-refractivity contribution in [2.45, 2.75) is 37.6 Å². The third-order valence-corrected chi connectivity index (χ3v) is 4.53. The van der Waals surface area contributed by atoms with Crippen LogP contribution in [-0.4, -0.2) is 44.1 Å². The third kappa shape index (κ3) is 3.70. The summed E-state index contributed by atoms with van der Waals surface area (Å²) in [5.74, 6) is 0.454. The predicted octanol–water partition coefficient (Wildman–Crippen LogP) is 1.34. The minimum absolute atomic E-state index is 0.213. The number of hydrogen-bond donors (Lipinski definition) is 3. The van der Waals surface area contributed by atoms with E-state index < -0.39 is 6.10 Å². The van der Waals surface area contributed by atoms with Gasteiger partial charge in [0.25, 0.3) is 0 Å². The van der Waals surface area contributed by atoms with Crippen molar-refractivity contribution in [2.75, 3.05) is 12.4 Å². The van der Waals surface area contributed by atoms with Crippen LogP contribution < -0.4 is 5.32 Å². The lowest BCUT2D eigenvalue weighted by Crippen LogP contribution is -2.23. The minimum Gasteiger partial charge on any atom is -0.394 e. The van der Waals surface area contributed by atoms with E-state index in [0.717, 1.165) is 22.2 Å². The smallest absolute Gasteiger partial charge is 0.194 e. The summed E-state index contributed by atoms with van der Waals surface area (Å²) in [5, 5.41) is 24.6. The van der Waals surface area contributed by atoms with E-state index >= 15 is 0 Å². The molecule has 3 N–H and O–H groups in total. The fourth-order valence-electron chi connectivity index (χ4n) is 1.62. The standard InChI is InChI=1S/C12H19N3O2S2/c1-8(2)13-5-10-11(19-7-9(17)6-16)14-12-15(10)3-4-18-12/h3-4,8-9,13,16-17H,5-7H2,1-2H3. The molecule has 0 amide bonds. The van der Waals surface area contributed by atoms with Crippen LogP contribution in [0.4, 0.5) is 0 Å². The van der Waals surface area contributed by atoms with Crippen molar-refractivity contribution in [2.24, 2.45) is 0 Å². The minimum atomic E-state index is -0.698. The molecule has 5 nitrogen and oxygen atoms in total. The normalized spacial score (nSPS) is 13.5. The maximum absolute atomic E-state index is 9.44. The van der Waals surface area contributed by atoms with Crippen LogP contribution >= 0.6 is 23.1 Å². The second kappa shape index (κ2) is 6.71. The van der Waals surface area contributed by atoms with E-state index in [1.54, 1.807) is 11.3 Å². The van der Waals surface area contributed by atoms with Crippen LogP contribution in [0.5, 0.6) is 0 Å². The third-order valence-electron chi connectivity index (χ3n) is 2.63. The number of imidazole rings is 1. The molecule has 0 aliphatic carbocycles. The molecular weight excluding hydrogens is 282 g/mol. The summed E-state index contributed by atoms with van der Waals surface area (Å²) < 4.78 is 2.08. The van der Waals surface area contributed by atoms with Crippen LogP contribution in [0.25, 0.3) is 4.96 Å². The van der Waals surface area contributed by atoms with Crippen LogP contribution in [0.15, 0.2) is 16.6 Å². The number of thiazole rings is 1. The van der Waals surface area contributed by atoms with E-state index in [1.807, 2.05) is 11.6 Å². The maximum Gasteiger partial charge on any atom is 0.194 e. The van der Waals surface area contributed by atoms with E-state index in [4.69, 9.17) is 5.11 Å². The molecule has 0 aliphatic heterocycles. The van der Waals surface area contributed by atoms with Gasteiger partial charge in [-0.25, -0.2) is 4.98 Å². The Labute approximate surface area is 120 Å².